The first-order valence-electron chi connectivity index (χ1n) is 6.37. The van der Waals surface area contributed by atoms with Crippen molar-refractivity contribution < 1.29 is 9.90 Å². The van der Waals surface area contributed by atoms with E-state index in [1.54, 1.807) is 6.92 Å². The number of carbonyl (C=O) groups excluding carboxylic acids is 1. The summed E-state index contributed by atoms with van der Waals surface area (Å²) in [5.74, 6) is 0. The van der Waals surface area contributed by atoms with Crippen LogP contribution in [0.5, 0.6) is 0 Å². The Bertz CT molecular complexity index is 404. The maximum Gasteiger partial charge on any atom is 0.319 e. The second kappa shape index (κ2) is 6.54. The number of benzene rings is 1. The molecule has 1 aromatic carbocycles. The van der Waals surface area contributed by atoms with Crippen molar-refractivity contribution in [3.8, 4) is 0 Å². The number of urea groups is 1. The average molecular weight is 265 g/mol. The molecule has 0 aliphatic carbocycles. The van der Waals surface area contributed by atoms with E-state index in [0.29, 0.717) is 13.1 Å². The number of aliphatic hydroxyl groups is 1. The van der Waals surface area contributed by atoms with Crippen molar-refractivity contribution in [2.45, 2.75) is 32.4 Å². The van der Waals surface area contributed by atoms with Gasteiger partial charge in [0, 0.05) is 24.3 Å². The van der Waals surface area contributed by atoms with Gasteiger partial charge in [0.15, 0.2) is 0 Å². The van der Waals surface area contributed by atoms with Crippen LogP contribution in [0.1, 0.15) is 20.8 Å². The molecule has 1 unspecified atom stereocenters. The summed E-state index contributed by atoms with van der Waals surface area (Å²) in [5.41, 5.74) is 5.86. The van der Waals surface area contributed by atoms with Gasteiger partial charge in [0.05, 0.1) is 6.10 Å². The number of anilines is 1. The van der Waals surface area contributed by atoms with Gasteiger partial charge in [-0.15, -0.1) is 0 Å². The standard InChI is InChI=1S/C14H23N3O2/c1-11(18)9-16-14(2,3)10-17(13(15)19)12-7-5-4-6-8-12/h4-8,11,16,18H,9-10H2,1-3H3,(H2,15,19). The van der Waals surface area contributed by atoms with Gasteiger partial charge in [0.2, 0.25) is 0 Å². The molecule has 19 heavy (non-hydrogen) atoms. The largest absolute Gasteiger partial charge is 0.392 e. The molecule has 0 radical (unpaired) electrons. The molecular weight excluding hydrogens is 242 g/mol. The van der Waals surface area contributed by atoms with Crippen LogP contribution in [0.3, 0.4) is 0 Å². The Morgan fingerprint density at radius 2 is 2.00 bits per heavy atom. The highest BCUT2D eigenvalue weighted by Crippen LogP contribution is 2.16. The summed E-state index contributed by atoms with van der Waals surface area (Å²) in [7, 11) is 0. The monoisotopic (exact) mass is 265 g/mol. The summed E-state index contributed by atoms with van der Waals surface area (Å²) < 4.78 is 0. The van der Waals surface area contributed by atoms with Crippen molar-refractivity contribution in [2.75, 3.05) is 18.0 Å². The minimum Gasteiger partial charge on any atom is -0.392 e. The average Bonchev–Trinajstić information content (AvgIpc) is 2.35. The van der Waals surface area contributed by atoms with Crippen LogP contribution in [0, 0.1) is 0 Å². The first-order chi connectivity index (χ1) is 8.82. The van der Waals surface area contributed by atoms with Crippen LogP contribution in [-0.4, -0.2) is 35.9 Å². The molecule has 1 aromatic rings. The number of carbonyl (C=O) groups is 1. The molecule has 0 fully saturated rings. The van der Waals surface area contributed by atoms with Gasteiger partial charge in [0.1, 0.15) is 0 Å². The van der Waals surface area contributed by atoms with Crippen molar-refractivity contribution in [1.29, 1.82) is 0 Å². The van der Waals surface area contributed by atoms with Gasteiger partial charge in [-0.1, -0.05) is 18.2 Å². The Morgan fingerprint density at radius 1 is 1.42 bits per heavy atom. The van der Waals surface area contributed by atoms with Crippen molar-refractivity contribution in [2.24, 2.45) is 5.73 Å². The molecule has 0 aromatic heterocycles. The first-order valence-corrected chi connectivity index (χ1v) is 6.37. The highest BCUT2D eigenvalue weighted by Gasteiger charge is 2.24. The van der Waals surface area contributed by atoms with Crippen LogP contribution in [0.15, 0.2) is 30.3 Å². The zero-order chi connectivity index (χ0) is 14.5. The molecule has 0 aliphatic heterocycles. The number of primary amides is 1. The minimum atomic E-state index is -0.488. The van der Waals surface area contributed by atoms with Crippen LogP contribution in [0.2, 0.25) is 0 Å². The fraction of sp³-hybridized carbons (Fsp3) is 0.500. The number of hydrogen-bond acceptors (Lipinski definition) is 3. The molecule has 106 valence electrons. The summed E-state index contributed by atoms with van der Waals surface area (Å²) in [5, 5.41) is 12.5. The predicted molar refractivity (Wildman–Crippen MR) is 77.1 cm³/mol. The number of nitrogens with zero attached hydrogens (tertiary/aromatic N) is 1. The van der Waals surface area contributed by atoms with Crippen LogP contribution in [-0.2, 0) is 0 Å². The normalized spacial score (nSPS) is 13.1. The minimum absolute atomic E-state index is 0.345. The molecular formula is C14H23N3O2. The second-order valence-electron chi connectivity index (χ2n) is 5.37. The predicted octanol–water partition coefficient (Wildman–Crippen LogP) is 1.32. The zero-order valence-corrected chi connectivity index (χ0v) is 11.8. The fourth-order valence-corrected chi connectivity index (χ4v) is 1.78. The first kappa shape index (κ1) is 15.5. The summed E-state index contributed by atoms with van der Waals surface area (Å²) >= 11 is 0. The van der Waals surface area contributed by atoms with E-state index in [0.717, 1.165) is 5.69 Å². The Kier molecular flexibility index (Phi) is 5.32. The number of nitrogens with two attached hydrogens (primary N) is 1. The molecule has 0 heterocycles. The van der Waals surface area contributed by atoms with Gasteiger partial charge in [-0.05, 0) is 32.9 Å². The summed E-state index contributed by atoms with van der Waals surface area (Å²) in [6, 6.07) is 8.81. The Labute approximate surface area is 114 Å². The third kappa shape index (κ3) is 5.28. The van der Waals surface area contributed by atoms with Gasteiger partial charge in [-0.2, -0.15) is 0 Å². The number of hydrogen-bond donors (Lipinski definition) is 3. The Hall–Kier alpha value is -1.59. The summed E-state index contributed by atoms with van der Waals surface area (Å²) in [6.45, 7) is 6.54. The number of β-amino-alcohol motifs (C(OH)–C–C–N with tert-alkyl or cyclic N) is 1. The van der Waals surface area contributed by atoms with E-state index in [4.69, 9.17) is 5.73 Å². The maximum atomic E-state index is 11.6. The van der Waals surface area contributed by atoms with Crippen molar-refractivity contribution >= 4 is 11.7 Å². The van der Waals surface area contributed by atoms with E-state index in [9.17, 15) is 9.90 Å². The van der Waals surface area contributed by atoms with Crippen molar-refractivity contribution in [3.05, 3.63) is 30.3 Å². The lowest BCUT2D eigenvalue weighted by Crippen LogP contribution is -2.53. The molecule has 0 bridgehead atoms. The van der Waals surface area contributed by atoms with E-state index < -0.39 is 12.1 Å². The molecule has 5 heteroatoms. The summed E-state index contributed by atoms with van der Waals surface area (Å²) in [4.78, 5) is 13.1. The lowest BCUT2D eigenvalue weighted by Gasteiger charge is -2.33. The summed E-state index contributed by atoms with van der Waals surface area (Å²) in [6.07, 6.45) is -0.432. The number of amides is 2. The molecule has 0 spiro atoms. The Balaban J connectivity index is 2.76. The van der Waals surface area contributed by atoms with E-state index >= 15 is 0 Å². The quantitative estimate of drug-likeness (QED) is 0.726. The molecule has 0 aliphatic rings. The molecule has 0 saturated heterocycles. The number of para-hydroxylation sites is 1. The third-order valence-electron chi connectivity index (χ3n) is 2.76. The highest BCUT2D eigenvalue weighted by molar-refractivity contribution is 5.90. The smallest absolute Gasteiger partial charge is 0.319 e. The SMILES string of the molecule is CC(O)CNC(C)(C)CN(C(N)=O)c1ccccc1. The fourth-order valence-electron chi connectivity index (χ4n) is 1.78. The molecule has 0 saturated carbocycles. The van der Waals surface area contributed by atoms with Crippen molar-refractivity contribution in [1.82, 2.24) is 5.32 Å². The van der Waals surface area contributed by atoms with Crippen molar-refractivity contribution in [3.63, 3.8) is 0 Å². The van der Waals surface area contributed by atoms with Crippen LogP contribution in [0.4, 0.5) is 10.5 Å². The topological polar surface area (TPSA) is 78.6 Å². The lowest BCUT2D eigenvalue weighted by atomic mass is 10.0. The van der Waals surface area contributed by atoms with E-state index in [-0.39, 0.29) is 5.54 Å². The molecule has 1 atom stereocenters. The molecule has 2 amide bonds. The second-order valence-corrected chi connectivity index (χ2v) is 5.37. The highest BCUT2D eigenvalue weighted by atomic mass is 16.3. The van der Waals surface area contributed by atoms with Crippen LogP contribution < -0.4 is 16.0 Å². The van der Waals surface area contributed by atoms with Gasteiger partial charge in [0.25, 0.3) is 0 Å². The van der Waals surface area contributed by atoms with E-state index in [1.807, 2.05) is 44.2 Å². The lowest BCUT2D eigenvalue weighted by molar-refractivity contribution is 0.177. The van der Waals surface area contributed by atoms with Gasteiger partial charge in [-0.25, -0.2) is 4.79 Å². The van der Waals surface area contributed by atoms with E-state index in [2.05, 4.69) is 5.32 Å². The van der Waals surface area contributed by atoms with Gasteiger partial charge >= 0.3 is 6.03 Å². The number of aliphatic hydroxyl groups excluding tert-OH is 1. The Morgan fingerprint density at radius 3 is 2.47 bits per heavy atom. The number of nitrogens with one attached hydrogen (secondary N) is 1. The molecule has 4 N–H and O–H groups in total. The maximum absolute atomic E-state index is 11.6. The van der Waals surface area contributed by atoms with Gasteiger partial charge < -0.3 is 16.2 Å². The molecule has 1 rings (SSSR count). The third-order valence-corrected chi connectivity index (χ3v) is 2.76. The molecule has 5 nitrogen and oxygen atoms in total. The van der Waals surface area contributed by atoms with E-state index in [1.165, 1.54) is 4.90 Å². The van der Waals surface area contributed by atoms with Gasteiger partial charge in [-0.3, -0.25) is 4.90 Å². The number of rotatable bonds is 6. The zero-order valence-electron chi connectivity index (χ0n) is 11.8. The van der Waals surface area contributed by atoms with Crippen LogP contribution in [0.25, 0.3) is 0 Å². The van der Waals surface area contributed by atoms with Crippen LogP contribution >= 0.6 is 0 Å².